The minimum atomic E-state index is -0.461. The van der Waals surface area contributed by atoms with Crippen LogP contribution in [0.15, 0.2) is 61.1 Å². The molecular weight excluding hydrogens is 312 g/mol. The minimum absolute atomic E-state index is 0.181. The van der Waals surface area contributed by atoms with Gasteiger partial charge in [0.2, 0.25) is 0 Å². The van der Waals surface area contributed by atoms with Gasteiger partial charge in [0.1, 0.15) is 0 Å². The molecule has 2 atom stereocenters. The molecule has 0 fully saturated rings. The topological polar surface area (TPSA) is 63.0 Å². The highest BCUT2D eigenvalue weighted by molar-refractivity contribution is 5.61. The number of rotatable bonds is 7. The van der Waals surface area contributed by atoms with Crippen molar-refractivity contribution in [3.63, 3.8) is 0 Å². The molecule has 0 aliphatic heterocycles. The Balaban J connectivity index is 1.62. The molecule has 3 rings (SSSR count). The Morgan fingerprint density at radius 1 is 1.12 bits per heavy atom. The number of benzene rings is 1. The van der Waals surface area contributed by atoms with Gasteiger partial charge < -0.3 is 10.4 Å². The van der Waals surface area contributed by atoms with E-state index in [1.54, 1.807) is 12.4 Å². The SMILES string of the molecule is CC(CC(O)c1ccccc1)NCc1cn(C)nc1-c1ccncc1. The summed E-state index contributed by atoms with van der Waals surface area (Å²) >= 11 is 0. The number of hydrogen-bond donors (Lipinski definition) is 2. The number of nitrogens with zero attached hydrogens (tertiary/aromatic N) is 3. The van der Waals surface area contributed by atoms with Crippen molar-refractivity contribution in [3.8, 4) is 11.3 Å². The number of aryl methyl sites for hydroxylation is 1. The first-order valence-electron chi connectivity index (χ1n) is 8.53. The van der Waals surface area contributed by atoms with E-state index in [1.165, 1.54) is 0 Å². The average molecular weight is 336 g/mol. The lowest BCUT2D eigenvalue weighted by molar-refractivity contribution is 0.154. The lowest BCUT2D eigenvalue weighted by atomic mass is 10.0. The second-order valence-corrected chi connectivity index (χ2v) is 6.36. The van der Waals surface area contributed by atoms with Crippen LogP contribution in [0.3, 0.4) is 0 Å². The summed E-state index contributed by atoms with van der Waals surface area (Å²) in [6.07, 6.45) is 5.79. The summed E-state index contributed by atoms with van der Waals surface area (Å²) in [5.41, 5.74) is 4.11. The van der Waals surface area contributed by atoms with Crippen molar-refractivity contribution in [1.29, 1.82) is 0 Å². The van der Waals surface area contributed by atoms with Crippen molar-refractivity contribution in [3.05, 3.63) is 72.2 Å². The Morgan fingerprint density at radius 3 is 2.56 bits per heavy atom. The Hall–Kier alpha value is -2.50. The molecule has 0 aliphatic rings. The maximum absolute atomic E-state index is 10.4. The van der Waals surface area contributed by atoms with Crippen LogP contribution in [-0.2, 0) is 13.6 Å². The monoisotopic (exact) mass is 336 g/mol. The van der Waals surface area contributed by atoms with Crippen molar-refractivity contribution in [2.45, 2.75) is 32.0 Å². The van der Waals surface area contributed by atoms with E-state index in [9.17, 15) is 5.11 Å². The van der Waals surface area contributed by atoms with E-state index in [4.69, 9.17) is 0 Å². The molecule has 0 spiro atoms. The van der Waals surface area contributed by atoms with Gasteiger partial charge in [0, 0.05) is 49.4 Å². The van der Waals surface area contributed by atoms with Crippen LogP contribution >= 0.6 is 0 Å². The molecule has 0 bridgehead atoms. The summed E-state index contributed by atoms with van der Waals surface area (Å²) in [6.45, 7) is 2.79. The zero-order valence-corrected chi connectivity index (χ0v) is 14.6. The van der Waals surface area contributed by atoms with Crippen LogP contribution in [0.2, 0.25) is 0 Å². The normalized spacial score (nSPS) is 13.6. The van der Waals surface area contributed by atoms with Gasteiger partial charge in [-0.3, -0.25) is 9.67 Å². The molecule has 5 heteroatoms. The molecule has 1 aromatic carbocycles. The van der Waals surface area contributed by atoms with Crippen LogP contribution in [0.1, 0.15) is 30.6 Å². The van der Waals surface area contributed by atoms with Crippen LogP contribution in [0, 0.1) is 0 Å². The van der Waals surface area contributed by atoms with Crippen LogP contribution in [0.5, 0.6) is 0 Å². The van der Waals surface area contributed by atoms with E-state index in [2.05, 4.69) is 22.3 Å². The van der Waals surface area contributed by atoms with Gasteiger partial charge in [0.25, 0.3) is 0 Å². The number of aliphatic hydroxyl groups is 1. The predicted octanol–water partition coefficient (Wildman–Crippen LogP) is 3.08. The van der Waals surface area contributed by atoms with Gasteiger partial charge in [0.15, 0.2) is 0 Å². The second-order valence-electron chi connectivity index (χ2n) is 6.36. The zero-order chi connectivity index (χ0) is 17.6. The summed E-state index contributed by atoms with van der Waals surface area (Å²) in [5, 5.41) is 18.4. The summed E-state index contributed by atoms with van der Waals surface area (Å²) in [4.78, 5) is 4.07. The summed E-state index contributed by atoms with van der Waals surface area (Å²) in [6, 6.07) is 13.9. The Morgan fingerprint density at radius 2 is 1.84 bits per heavy atom. The first-order valence-corrected chi connectivity index (χ1v) is 8.53. The van der Waals surface area contributed by atoms with Gasteiger partial charge in [-0.1, -0.05) is 30.3 Å². The first kappa shape index (κ1) is 17.3. The molecule has 0 saturated carbocycles. The standard InChI is InChI=1S/C20H24N4O/c1-15(12-19(25)16-6-4-3-5-7-16)22-13-18-14-24(2)23-20(18)17-8-10-21-11-9-17/h3-11,14-15,19,22,25H,12-13H2,1-2H3. The molecule has 0 aliphatic carbocycles. The molecule has 0 amide bonds. The van der Waals surface area contributed by atoms with Gasteiger partial charge in [-0.15, -0.1) is 0 Å². The Kier molecular flexibility index (Phi) is 5.58. The Labute approximate surface area is 148 Å². The molecule has 2 aromatic heterocycles. The lowest BCUT2D eigenvalue weighted by Crippen LogP contribution is -2.27. The quantitative estimate of drug-likeness (QED) is 0.696. The molecule has 2 unspecified atom stereocenters. The fourth-order valence-corrected chi connectivity index (χ4v) is 2.93. The Bertz CT molecular complexity index is 786. The first-order chi connectivity index (χ1) is 12.1. The predicted molar refractivity (Wildman–Crippen MR) is 98.8 cm³/mol. The van der Waals surface area contributed by atoms with Crippen LogP contribution in [-0.4, -0.2) is 25.9 Å². The fourth-order valence-electron chi connectivity index (χ4n) is 2.93. The third kappa shape index (κ3) is 4.53. The lowest BCUT2D eigenvalue weighted by Gasteiger charge is -2.18. The molecule has 0 saturated heterocycles. The molecule has 5 nitrogen and oxygen atoms in total. The van der Waals surface area contributed by atoms with Crippen molar-refractivity contribution >= 4 is 0 Å². The van der Waals surface area contributed by atoms with Gasteiger partial charge in [-0.2, -0.15) is 5.10 Å². The number of pyridine rings is 1. The van der Waals surface area contributed by atoms with Crippen molar-refractivity contribution in [2.24, 2.45) is 7.05 Å². The maximum atomic E-state index is 10.4. The largest absolute Gasteiger partial charge is 0.388 e. The molecule has 2 N–H and O–H groups in total. The maximum Gasteiger partial charge on any atom is 0.0969 e. The van der Waals surface area contributed by atoms with Crippen LogP contribution in [0.4, 0.5) is 0 Å². The second kappa shape index (κ2) is 8.05. The molecule has 25 heavy (non-hydrogen) atoms. The van der Waals surface area contributed by atoms with E-state index < -0.39 is 6.10 Å². The third-order valence-corrected chi connectivity index (χ3v) is 4.26. The summed E-state index contributed by atoms with van der Waals surface area (Å²) in [7, 11) is 1.93. The average Bonchev–Trinajstić information content (AvgIpc) is 3.02. The van der Waals surface area contributed by atoms with E-state index in [0.29, 0.717) is 13.0 Å². The van der Waals surface area contributed by atoms with Gasteiger partial charge in [0.05, 0.1) is 11.8 Å². The number of hydrogen-bond acceptors (Lipinski definition) is 4. The molecule has 0 radical (unpaired) electrons. The molecular formula is C20H24N4O. The van der Waals surface area contributed by atoms with Crippen molar-refractivity contribution < 1.29 is 5.11 Å². The van der Waals surface area contributed by atoms with Gasteiger partial charge >= 0.3 is 0 Å². The number of aromatic nitrogens is 3. The van der Waals surface area contributed by atoms with Crippen molar-refractivity contribution in [1.82, 2.24) is 20.1 Å². The highest BCUT2D eigenvalue weighted by Crippen LogP contribution is 2.22. The summed E-state index contributed by atoms with van der Waals surface area (Å²) < 4.78 is 1.83. The number of aliphatic hydroxyl groups excluding tert-OH is 1. The molecule has 3 aromatic rings. The van der Waals surface area contributed by atoms with E-state index >= 15 is 0 Å². The molecule has 2 heterocycles. The van der Waals surface area contributed by atoms with Crippen LogP contribution < -0.4 is 5.32 Å². The smallest absolute Gasteiger partial charge is 0.0969 e. The number of nitrogens with one attached hydrogen (secondary N) is 1. The highest BCUT2D eigenvalue weighted by atomic mass is 16.3. The van der Waals surface area contributed by atoms with E-state index in [0.717, 1.165) is 22.4 Å². The molecule has 130 valence electrons. The van der Waals surface area contributed by atoms with Crippen molar-refractivity contribution in [2.75, 3.05) is 0 Å². The minimum Gasteiger partial charge on any atom is -0.388 e. The van der Waals surface area contributed by atoms with Crippen LogP contribution in [0.25, 0.3) is 11.3 Å². The van der Waals surface area contributed by atoms with E-state index in [-0.39, 0.29) is 6.04 Å². The van der Waals surface area contributed by atoms with Gasteiger partial charge in [-0.25, -0.2) is 0 Å². The zero-order valence-electron chi connectivity index (χ0n) is 14.6. The fraction of sp³-hybridized carbons (Fsp3) is 0.300. The van der Waals surface area contributed by atoms with E-state index in [1.807, 2.05) is 60.4 Å². The van der Waals surface area contributed by atoms with Gasteiger partial charge in [-0.05, 0) is 31.0 Å². The highest BCUT2D eigenvalue weighted by Gasteiger charge is 2.14. The summed E-state index contributed by atoms with van der Waals surface area (Å²) in [5.74, 6) is 0. The third-order valence-electron chi connectivity index (χ3n) is 4.26.